The maximum atomic E-state index is 6.02. The zero-order chi connectivity index (χ0) is 9.73. The molecular formula is C11H21NO. The van der Waals surface area contributed by atoms with E-state index in [1.165, 1.54) is 25.7 Å². The Labute approximate surface area is 81.1 Å². The molecule has 1 saturated carbocycles. The van der Waals surface area contributed by atoms with Crippen LogP contribution in [0.2, 0.25) is 0 Å². The van der Waals surface area contributed by atoms with Crippen molar-refractivity contribution in [2.45, 2.75) is 50.2 Å². The van der Waals surface area contributed by atoms with E-state index in [1.807, 2.05) is 6.08 Å². The van der Waals surface area contributed by atoms with Gasteiger partial charge < -0.3 is 10.5 Å². The Morgan fingerprint density at radius 3 is 2.23 bits per heavy atom. The molecule has 2 nitrogen and oxygen atoms in total. The average molecular weight is 183 g/mol. The molecule has 1 aliphatic carbocycles. The number of hydrogen-bond acceptors (Lipinski definition) is 2. The van der Waals surface area contributed by atoms with Gasteiger partial charge >= 0.3 is 0 Å². The highest BCUT2D eigenvalue weighted by molar-refractivity contribution is 5.01. The predicted octanol–water partition coefficient (Wildman–Crippen LogP) is 2.24. The lowest BCUT2D eigenvalue weighted by atomic mass is 9.86. The van der Waals surface area contributed by atoms with E-state index in [2.05, 4.69) is 6.58 Å². The van der Waals surface area contributed by atoms with Crippen molar-refractivity contribution >= 4 is 0 Å². The fraction of sp³-hybridized carbons (Fsp3) is 0.818. The molecule has 0 radical (unpaired) electrons. The van der Waals surface area contributed by atoms with Gasteiger partial charge in [0, 0.05) is 7.11 Å². The van der Waals surface area contributed by atoms with Crippen molar-refractivity contribution in [3.05, 3.63) is 12.7 Å². The number of ether oxygens (including phenoxy) is 1. The van der Waals surface area contributed by atoms with Crippen molar-refractivity contribution in [2.75, 3.05) is 7.11 Å². The zero-order valence-corrected chi connectivity index (χ0v) is 8.59. The molecule has 0 amide bonds. The van der Waals surface area contributed by atoms with Crippen LogP contribution in [-0.2, 0) is 4.74 Å². The van der Waals surface area contributed by atoms with Gasteiger partial charge in [0.25, 0.3) is 0 Å². The molecule has 2 heteroatoms. The van der Waals surface area contributed by atoms with Crippen LogP contribution in [0.15, 0.2) is 12.7 Å². The summed E-state index contributed by atoms with van der Waals surface area (Å²) < 4.78 is 5.62. The maximum Gasteiger partial charge on any atom is 0.0864 e. The maximum absolute atomic E-state index is 6.02. The van der Waals surface area contributed by atoms with E-state index in [0.717, 1.165) is 12.8 Å². The Morgan fingerprint density at radius 1 is 1.31 bits per heavy atom. The summed E-state index contributed by atoms with van der Waals surface area (Å²) >= 11 is 0. The number of methoxy groups -OCH3 is 1. The molecule has 0 aromatic carbocycles. The molecular weight excluding hydrogens is 162 g/mol. The normalized spacial score (nSPS) is 24.8. The van der Waals surface area contributed by atoms with Crippen molar-refractivity contribution in [3.8, 4) is 0 Å². The highest BCUT2D eigenvalue weighted by Gasteiger charge is 2.35. The fourth-order valence-electron chi connectivity index (χ4n) is 2.22. The predicted molar refractivity (Wildman–Crippen MR) is 55.6 cm³/mol. The average Bonchev–Trinajstić information content (AvgIpc) is 2.42. The van der Waals surface area contributed by atoms with Crippen molar-refractivity contribution in [1.29, 1.82) is 0 Å². The lowest BCUT2D eigenvalue weighted by Crippen LogP contribution is -2.47. The zero-order valence-electron chi connectivity index (χ0n) is 8.59. The fourth-order valence-corrected chi connectivity index (χ4v) is 2.22. The molecule has 0 aliphatic heterocycles. The summed E-state index contributed by atoms with van der Waals surface area (Å²) in [6.07, 6.45) is 9.07. The van der Waals surface area contributed by atoms with Crippen LogP contribution < -0.4 is 5.73 Å². The molecule has 2 N–H and O–H groups in total. The van der Waals surface area contributed by atoms with Gasteiger partial charge in [-0.05, 0) is 12.8 Å². The summed E-state index contributed by atoms with van der Waals surface area (Å²) in [5.41, 5.74) is 5.89. The Morgan fingerprint density at radius 2 is 1.85 bits per heavy atom. The van der Waals surface area contributed by atoms with E-state index < -0.39 is 0 Å². The van der Waals surface area contributed by atoms with E-state index in [-0.39, 0.29) is 11.6 Å². The minimum atomic E-state index is -0.127. The molecule has 0 heterocycles. The Balaban J connectivity index is 2.69. The second-order valence-corrected chi connectivity index (χ2v) is 3.94. The summed E-state index contributed by atoms with van der Waals surface area (Å²) in [4.78, 5) is 0. The van der Waals surface area contributed by atoms with E-state index in [1.54, 1.807) is 7.11 Å². The van der Waals surface area contributed by atoms with Crippen LogP contribution in [0.25, 0.3) is 0 Å². The van der Waals surface area contributed by atoms with Crippen LogP contribution in [0.1, 0.15) is 38.5 Å². The van der Waals surface area contributed by atoms with Gasteiger partial charge in [-0.15, -0.1) is 6.58 Å². The molecule has 1 unspecified atom stereocenters. The second kappa shape index (κ2) is 4.77. The molecule has 0 aromatic rings. The molecule has 1 atom stereocenters. The lowest BCUT2D eigenvalue weighted by molar-refractivity contribution is -0.0321. The van der Waals surface area contributed by atoms with E-state index in [4.69, 9.17) is 10.5 Å². The summed E-state index contributed by atoms with van der Waals surface area (Å²) in [5.74, 6) is 0. The van der Waals surface area contributed by atoms with Crippen molar-refractivity contribution in [3.63, 3.8) is 0 Å². The third-order valence-corrected chi connectivity index (χ3v) is 3.22. The van der Waals surface area contributed by atoms with Crippen LogP contribution in [0.3, 0.4) is 0 Å². The standard InChI is InChI=1S/C11H21NO/c1-3-10(12)11(13-2)8-6-4-5-7-9-11/h3,10H,1,4-9,12H2,2H3. The van der Waals surface area contributed by atoms with Gasteiger partial charge in [-0.2, -0.15) is 0 Å². The van der Waals surface area contributed by atoms with Crippen molar-refractivity contribution in [2.24, 2.45) is 5.73 Å². The first kappa shape index (κ1) is 10.7. The summed E-state index contributed by atoms with van der Waals surface area (Å²) in [5, 5.41) is 0. The Bertz CT molecular complexity index is 159. The summed E-state index contributed by atoms with van der Waals surface area (Å²) in [6, 6.07) is -0.0180. The van der Waals surface area contributed by atoms with Crippen LogP contribution in [0.5, 0.6) is 0 Å². The quantitative estimate of drug-likeness (QED) is 0.538. The number of nitrogens with two attached hydrogens (primary N) is 1. The van der Waals surface area contributed by atoms with Crippen LogP contribution in [0.4, 0.5) is 0 Å². The Hall–Kier alpha value is -0.340. The van der Waals surface area contributed by atoms with E-state index >= 15 is 0 Å². The SMILES string of the molecule is C=CC(N)C1(OC)CCCCCC1. The number of hydrogen-bond donors (Lipinski definition) is 1. The smallest absolute Gasteiger partial charge is 0.0864 e. The molecule has 76 valence electrons. The summed E-state index contributed by atoms with van der Waals surface area (Å²) in [6.45, 7) is 3.75. The first-order valence-electron chi connectivity index (χ1n) is 5.18. The van der Waals surface area contributed by atoms with Crippen LogP contribution in [-0.4, -0.2) is 18.8 Å². The molecule has 0 spiro atoms. The van der Waals surface area contributed by atoms with Gasteiger partial charge in [-0.1, -0.05) is 31.8 Å². The lowest BCUT2D eigenvalue weighted by Gasteiger charge is -2.35. The van der Waals surface area contributed by atoms with Gasteiger partial charge in [-0.3, -0.25) is 0 Å². The summed E-state index contributed by atoms with van der Waals surface area (Å²) in [7, 11) is 1.77. The molecule has 13 heavy (non-hydrogen) atoms. The van der Waals surface area contributed by atoms with Crippen LogP contribution >= 0.6 is 0 Å². The van der Waals surface area contributed by atoms with Gasteiger partial charge in [0.2, 0.25) is 0 Å². The third kappa shape index (κ3) is 2.32. The van der Waals surface area contributed by atoms with Crippen LogP contribution in [0, 0.1) is 0 Å². The largest absolute Gasteiger partial charge is 0.376 e. The number of rotatable bonds is 3. The van der Waals surface area contributed by atoms with Crippen molar-refractivity contribution < 1.29 is 4.74 Å². The topological polar surface area (TPSA) is 35.2 Å². The first-order chi connectivity index (χ1) is 6.25. The molecule has 0 aromatic heterocycles. The second-order valence-electron chi connectivity index (χ2n) is 3.94. The molecule has 1 fully saturated rings. The molecule has 1 aliphatic rings. The third-order valence-electron chi connectivity index (χ3n) is 3.22. The van der Waals surface area contributed by atoms with Gasteiger partial charge in [0.15, 0.2) is 0 Å². The molecule has 0 saturated heterocycles. The Kier molecular flexibility index (Phi) is 3.94. The van der Waals surface area contributed by atoms with Gasteiger partial charge in [0.1, 0.15) is 0 Å². The van der Waals surface area contributed by atoms with E-state index in [9.17, 15) is 0 Å². The van der Waals surface area contributed by atoms with Crippen molar-refractivity contribution in [1.82, 2.24) is 0 Å². The minimum Gasteiger partial charge on any atom is -0.376 e. The van der Waals surface area contributed by atoms with Gasteiger partial charge in [0.05, 0.1) is 11.6 Å². The first-order valence-corrected chi connectivity index (χ1v) is 5.18. The minimum absolute atomic E-state index is 0.0180. The molecule has 0 bridgehead atoms. The highest BCUT2D eigenvalue weighted by Crippen LogP contribution is 2.32. The highest BCUT2D eigenvalue weighted by atomic mass is 16.5. The van der Waals surface area contributed by atoms with E-state index in [0.29, 0.717) is 0 Å². The van der Waals surface area contributed by atoms with Gasteiger partial charge in [-0.25, -0.2) is 0 Å². The molecule has 1 rings (SSSR count). The monoisotopic (exact) mass is 183 g/mol.